The number of benzene rings is 2. The number of carbonyl (C=O) groups is 1. The van der Waals surface area contributed by atoms with Crippen molar-refractivity contribution in [2.45, 2.75) is 19.9 Å². The number of aryl methyl sites for hydroxylation is 1. The number of hydrogen-bond donors (Lipinski definition) is 2. The highest BCUT2D eigenvalue weighted by Gasteiger charge is 2.20. The second-order valence-electron chi connectivity index (χ2n) is 6.84. The molecule has 1 heterocycles. The van der Waals surface area contributed by atoms with Gasteiger partial charge in [-0.1, -0.05) is 30.3 Å². The Kier molecular flexibility index (Phi) is 7.06. The quantitative estimate of drug-likeness (QED) is 0.489. The zero-order chi connectivity index (χ0) is 22.4. The molecule has 10 heteroatoms. The Morgan fingerprint density at radius 2 is 1.84 bits per heavy atom. The summed E-state index contributed by atoms with van der Waals surface area (Å²) in [5.41, 5.74) is 2.31. The van der Waals surface area contributed by atoms with E-state index in [-0.39, 0.29) is 6.54 Å². The van der Waals surface area contributed by atoms with Crippen LogP contribution in [0.3, 0.4) is 0 Å². The lowest BCUT2D eigenvalue weighted by molar-refractivity contribution is -0.137. The third kappa shape index (κ3) is 6.38. The number of aliphatic carboxylic acids is 1. The van der Waals surface area contributed by atoms with Crippen molar-refractivity contribution < 1.29 is 27.5 Å². The molecule has 9 nitrogen and oxygen atoms in total. The van der Waals surface area contributed by atoms with Gasteiger partial charge >= 0.3 is 5.97 Å². The van der Waals surface area contributed by atoms with E-state index in [0.717, 1.165) is 17.0 Å². The summed E-state index contributed by atoms with van der Waals surface area (Å²) < 4.78 is 35.2. The summed E-state index contributed by atoms with van der Waals surface area (Å²) in [6.07, 6.45) is 0.557. The van der Waals surface area contributed by atoms with E-state index in [0.29, 0.717) is 34.5 Å². The van der Waals surface area contributed by atoms with Crippen LogP contribution in [0.2, 0.25) is 0 Å². The Balaban J connectivity index is 1.56. The number of ether oxygens (including phenoxy) is 1. The molecular weight excluding hydrogens is 422 g/mol. The Bertz CT molecular complexity index is 1130. The van der Waals surface area contributed by atoms with Gasteiger partial charge in [0.2, 0.25) is 5.89 Å². The van der Waals surface area contributed by atoms with Crippen LogP contribution in [0.5, 0.6) is 5.75 Å². The van der Waals surface area contributed by atoms with Crippen LogP contribution >= 0.6 is 0 Å². The fourth-order valence-corrected chi connectivity index (χ4v) is 3.53. The van der Waals surface area contributed by atoms with E-state index in [9.17, 15) is 13.2 Å². The average molecular weight is 445 g/mol. The zero-order valence-electron chi connectivity index (χ0n) is 16.9. The summed E-state index contributed by atoms with van der Waals surface area (Å²) in [6.45, 7) is 1.38. The van der Waals surface area contributed by atoms with Crippen molar-refractivity contribution in [2.24, 2.45) is 5.14 Å². The van der Waals surface area contributed by atoms with Gasteiger partial charge in [-0.15, -0.1) is 0 Å². The van der Waals surface area contributed by atoms with Crippen LogP contribution in [0.25, 0.3) is 11.5 Å². The molecule has 1 aromatic heterocycles. The van der Waals surface area contributed by atoms with Crippen LogP contribution in [0.15, 0.2) is 59.0 Å². The van der Waals surface area contributed by atoms with E-state index in [1.165, 1.54) is 0 Å². The third-order valence-electron chi connectivity index (χ3n) is 4.47. The molecular formula is C21H23N3O6S. The van der Waals surface area contributed by atoms with Crippen LogP contribution in [-0.2, 0) is 28.0 Å². The van der Waals surface area contributed by atoms with Gasteiger partial charge in [0.1, 0.15) is 18.1 Å². The molecule has 31 heavy (non-hydrogen) atoms. The van der Waals surface area contributed by atoms with Crippen molar-refractivity contribution in [1.29, 1.82) is 0 Å². The molecule has 0 unspecified atom stereocenters. The molecule has 3 rings (SSSR count). The number of oxazole rings is 1. The maximum Gasteiger partial charge on any atom is 0.318 e. The van der Waals surface area contributed by atoms with Crippen LogP contribution in [0, 0.1) is 6.92 Å². The first-order valence-corrected chi connectivity index (χ1v) is 11.0. The monoisotopic (exact) mass is 445 g/mol. The molecule has 0 spiro atoms. The van der Waals surface area contributed by atoms with Gasteiger partial charge in [-0.2, -0.15) is 12.7 Å². The van der Waals surface area contributed by atoms with E-state index < -0.39 is 22.7 Å². The Hall–Kier alpha value is -3.21. The molecule has 3 aromatic rings. The minimum Gasteiger partial charge on any atom is -0.493 e. The second kappa shape index (κ2) is 9.73. The molecule has 3 N–H and O–H groups in total. The van der Waals surface area contributed by atoms with Gasteiger partial charge in [0.15, 0.2) is 0 Å². The largest absolute Gasteiger partial charge is 0.493 e. The summed E-state index contributed by atoms with van der Waals surface area (Å²) in [4.78, 5) is 15.4. The molecule has 0 fully saturated rings. The molecule has 0 aliphatic heterocycles. The highest BCUT2D eigenvalue weighted by molar-refractivity contribution is 7.86. The van der Waals surface area contributed by atoms with Gasteiger partial charge in [0.25, 0.3) is 10.2 Å². The van der Waals surface area contributed by atoms with Crippen molar-refractivity contribution in [3.63, 3.8) is 0 Å². The summed E-state index contributed by atoms with van der Waals surface area (Å²) >= 11 is 0. The van der Waals surface area contributed by atoms with Crippen molar-refractivity contribution in [2.75, 3.05) is 13.2 Å². The third-order valence-corrected chi connectivity index (χ3v) is 5.45. The summed E-state index contributed by atoms with van der Waals surface area (Å²) in [5, 5.41) is 13.9. The van der Waals surface area contributed by atoms with Crippen LogP contribution in [0.1, 0.15) is 17.0 Å². The molecule has 0 radical (unpaired) electrons. The maximum absolute atomic E-state index is 11.5. The first kappa shape index (κ1) is 22.5. The van der Waals surface area contributed by atoms with Crippen LogP contribution in [-0.4, -0.2) is 41.9 Å². The smallest absolute Gasteiger partial charge is 0.318 e. The second-order valence-corrected chi connectivity index (χ2v) is 8.38. The first-order chi connectivity index (χ1) is 14.7. The topological polar surface area (TPSA) is 136 Å². The molecule has 0 amide bonds. The van der Waals surface area contributed by atoms with Crippen molar-refractivity contribution in [3.8, 4) is 17.2 Å². The molecule has 0 bridgehead atoms. The minimum absolute atomic E-state index is 0.147. The van der Waals surface area contributed by atoms with Crippen molar-refractivity contribution >= 4 is 16.2 Å². The van der Waals surface area contributed by atoms with Gasteiger partial charge in [0, 0.05) is 18.5 Å². The maximum atomic E-state index is 11.5. The van der Waals surface area contributed by atoms with Crippen molar-refractivity contribution in [1.82, 2.24) is 9.29 Å². The van der Waals surface area contributed by atoms with E-state index in [4.69, 9.17) is 19.4 Å². The standard InChI is InChI=1S/C21H23N3O6S/c1-15-19(23-21(30-15)17-5-3-2-4-6-17)11-12-29-18-9-7-16(8-10-18)13-24(14-20(25)26)31(22,27)28/h2-10H,11-14H2,1H3,(H,25,26)(H2,22,27,28). The summed E-state index contributed by atoms with van der Waals surface area (Å²) in [6, 6.07) is 16.3. The van der Waals surface area contributed by atoms with Crippen molar-refractivity contribution in [3.05, 3.63) is 71.6 Å². The molecule has 164 valence electrons. The highest BCUT2D eigenvalue weighted by Crippen LogP contribution is 2.22. The van der Waals surface area contributed by atoms with Gasteiger partial charge in [-0.3, -0.25) is 4.79 Å². The minimum atomic E-state index is -4.13. The van der Waals surface area contributed by atoms with Gasteiger partial charge in [-0.05, 0) is 36.8 Å². The fourth-order valence-electron chi connectivity index (χ4n) is 2.91. The van der Waals surface area contributed by atoms with E-state index >= 15 is 0 Å². The number of nitrogens with zero attached hydrogens (tertiary/aromatic N) is 2. The number of aromatic nitrogens is 1. The van der Waals surface area contributed by atoms with E-state index in [2.05, 4.69) is 4.98 Å². The number of carboxylic acids is 1. The van der Waals surface area contributed by atoms with Gasteiger partial charge in [-0.25, -0.2) is 10.1 Å². The molecule has 0 saturated carbocycles. The Labute approximate surface area is 180 Å². The van der Waals surface area contributed by atoms with E-state index in [1.807, 2.05) is 37.3 Å². The lowest BCUT2D eigenvalue weighted by Gasteiger charge is -2.17. The highest BCUT2D eigenvalue weighted by atomic mass is 32.2. The molecule has 0 saturated heterocycles. The molecule has 0 atom stereocenters. The SMILES string of the molecule is Cc1oc(-c2ccccc2)nc1CCOc1ccc(CN(CC(=O)O)S(N)(=O)=O)cc1. The van der Waals surface area contributed by atoms with Gasteiger partial charge in [0.05, 0.1) is 12.3 Å². The zero-order valence-corrected chi connectivity index (χ0v) is 17.7. The average Bonchev–Trinajstić information content (AvgIpc) is 3.09. The molecule has 0 aliphatic rings. The number of carboxylic acid groups (broad SMARTS) is 1. The lowest BCUT2D eigenvalue weighted by atomic mass is 10.2. The number of hydrogen-bond acceptors (Lipinski definition) is 6. The fraction of sp³-hybridized carbons (Fsp3) is 0.238. The van der Waals surface area contributed by atoms with Gasteiger partial charge < -0.3 is 14.3 Å². The Morgan fingerprint density at radius 1 is 1.16 bits per heavy atom. The normalized spacial score (nSPS) is 11.6. The van der Waals surface area contributed by atoms with Crippen LogP contribution < -0.4 is 9.88 Å². The molecule has 2 aromatic carbocycles. The van der Waals surface area contributed by atoms with E-state index in [1.54, 1.807) is 24.3 Å². The summed E-state index contributed by atoms with van der Waals surface area (Å²) in [5.74, 6) is 0.610. The Morgan fingerprint density at radius 3 is 2.45 bits per heavy atom. The number of nitrogens with two attached hydrogens (primary N) is 1. The lowest BCUT2D eigenvalue weighted by Crippen LogP contribution is -2.39. The first-order valence-electron chi connectivity index (χ1n) is 9.45. The predicted octanol–water partition coefficient (Wildman–Crippen LogP) is 2.36. The number of rotatable bonds is 10. The summed E-state index contributed by atoms with van der Waals surface area (Å²) in [7, 11) is -4.13. The van der Waals surface area contributed by atoms with Crippen LogP contribution in [0.4, 0.5) is 0 Å². The predicted molar refractivity (Wildman–Crippen MR) is 113 cm³/mol. The molecule has 0 aliphatic carbocycles.